The van der Waals surface area contributed by atoms with Crippen LogP contribution in [-0.2, 0) is 4.79 Å². The van der Waals surface area contributed by atoms with Gasteiger partial charge in [-0.25, -0.2) is 9.98 Å². The third-order valence-electron chi connectivity index (χ3n) is 1.97. The zero-order valence-electron chi connectivity index (χ0n) is 8.94. The fourth-order valence-corrected chi connectivity index (χ4v) is 1.85. The predicted octanol–water partition coefficient (Wildman–Crippen LogP) is 2.47. The van der Waals surface area contributed by atoms with Crippen LogP contribution in [0, 0.1) is 0 Å². The summed E-state index contributed by atoms with van der Waals surface area (Å²) >= 11 is 1.48. The molecule has 0 aliphatic carbocycles. The van der Waals surface area contributed by atoms with Crippen molar-refractivity contribution in [1.82, 2.24) is 9.97 Å². The first kappa shape index (κ1) is 11.7. The van der Waals surface area contributed by atoms with Gasteiger partial charge in [-0.3, -0.25) is 4.79 Å². The molecule has 0 atom stereocenters. The number of amides is 1. The summed E-state index contributed by atoms with van der Waals surface area (Å²) in [5.74, 6) is 0. The van der Waals surface area contributed by atoms with E-state index >= 15 is 0 Å². The van der Waals surface area contributed by atoms with Gasteiger partial charge in [-0.2, -0.15) is 0 Å². The molecule has 0 bridgehead atoms. The number of allylic oxidation sites excluding steroid dienone is 2. The first-order valence-electron chi connectivity index (χ1n) is 4.47. The highest BCUT2D eigenvalue weighted by Crippen LogP contribution is 2.25. The van der Waals surface area contributed by atoms with Crippen LogP contribution in [0.25, 0.3) is 5.57 Å². The lowest BCUT2D eigenvalue weighted by molar-refractivity contribution is -0.106. The van der Waals surface area contributed by atoms with Crippen LogP contribution in [0.2, 0.25) is 0 Å². The molecule has 0 aliphatic heterocycles. The second-order valence-electron chi connectivity index (χ2n) is 3.00. The summed E-state index contributed by atoms with van der Waals surface area (Å²) in [6.45, 7) is 5.80. The number of aromatic amines is 1. The number of thioether (sulfide) groups is 1. The second-order valence-corrected chi connectivity index (χ2v) is 4.41. The SMILES string of the molecule is C/C(=N/C=O)S/C(C)=C(/C)c1cnc[nH]1. The zero-order valence-corrected chi connectivity index (χ0v) is 9.76. The molecule has 0 radical (unpaired) electrons. The van der Waals surface area contributed by atoms with Crippen LogP contribution in [0.4, 0.5) is 0 Å². The summed E-state index contributed by atoms with van der Waals surface area (Å²) in [4.78, 5) is 21.9. The summed E-state index contributed by atoms with van der Waals surface area (Å²) < 4.78 is 0. The molecule has 1 aromatic heterocycles. The highest BCUT2D eigenvalue weighted by molar-refractivity contribution is 8.17. The molecule has 4 nitrogen and oxygen atoms in total. The minimum absolute atomic E-state index is 0.557. The summed E-state index contributed by atoms with van der Waals surface area (Å²) in [5, 5.41) is 0.737. The number of hydrogen-bond acceptors (Lipinski definition) is 3. The Kier molecular flexibility index (Phi) is 4.30. The molecule has 5 heteroatoms. The van der Waals surface area contributed by atoms with Crippen LogP contribution in [0.1, 0.15) is 26.5 Å². The average molecular weight is 223 g/mol. The van der Waals surface area contributed by atoms with Crippen molar-refractivity contribution in [2.45, 2.75) is 20.8 Å². The fourth-order valence-electron chi connectivity index (χ4n) is 1.05. The molecule has 1 rings (SSSR count). The quantitative estimate of drug-likeness (QED) is 0.486. The van der Waals surface area contributed by atoms with Crippen molar-refractivity contribution in [3.05, 3.63) is 23.1 Å². The highest BCUT2D eigenvalue weighted by atomic mass is 32.2. The molecule has 0 saturated carbocycles. The van der Waals surface area contributed by atoms with Crippen LogP contribution in [0.5, 0.6) is 0 Å². The second kappa shape index (κ2) is 5.50. The summed E-state index contributed by atoms with van der Waals surface area (Å²) in [7, 11) is 0. The highest BCUT2D eigenvalue weighted by Gasteiger charge is 2.03. The Balaban J connectivity index is 2.82. The van der Waals surface area contributed by atoms with E-state index in [9.17, 15) is 4.79 Å². The molecule has 80 valence electrons. The van der Waals surface area contributed by atoms with Crippen molar-refractivity contribution < 1.29 is 4.79 Å². The van der Waals surface area contributed by atoms with Gasteiger partial charge in [0, 0.05) is 0 Å². The van der Waals surface area contributed by atoms with E-state index in [1.54, 1.807) is 12.5 Å². The monoisotopic (exact) mass is 223 g/mol. The number of nitrogens with zero attached hydrogens (tertiary/aromatic N) is 2. The lowest BCUT2D eigenvalue weighted by Gasteiger charge is -2.04. The lowest BCUT2D eigenvalue weighted by Crippen LogP contribution is -1.88. The molecule has 0 aliphatic rings. The van der Waals surface area contributed by atoms with Gasteiger partial charge in [-0.15, -0.1) is 0 Å². The van der Waals surface area contributed by atoms with Crippen molar-refractivity contribution in [2.24, 2.45) is 4.99 Å². The summed E-state index contributed by atoms with van der Waals surface area (Å²) in [5.41, 5.74) is 2.09. The molecular weight excluding hydrogens is 210 g/mol. The van der Waals surface area contributed by atoms with Gasteiger partial charge >= 0.3 is 0 Å². The van der Waals surface area contributed by atoms with Gasteiger partial charge < -0.3 is 4.98 Å². The van der Waals surface area contributed by atoms with Crippen LogP contribution in [0.15, 0.2) is 22.4 Å². The standard InChI is InChI=1S/C10H13N3OS/c1-7(10-4-11-5-12-10)8(2)15-9(3)13-6-14/h4-6H,1-3H3,(H,11,12)/b8-7-,13-9-. The van der Waals surface area contributed by atoms with E-state index < -0.39 is 0 Å². The molecule has 15 heavy (non-hydrogen) atoms. The zero-order chi connectivity index (χ0) is 11.3. The third kappa shape index (κ3) is 3.36. The van der Waals surface area contributed by atoms with E-state index in [-0.39, 0.29) is 0 Å². The first-order chi connectivity index (χ1) is 7.15. The molecule has 1 heterocycles. The van der Waals surface area contributed by atoms with Crippen molar-refractivity contribution in [1.29, 1.82) is 0 Å². The fraction of sp³-hybridized carbons (Fsp3) is 0.300. The maximum absolute atomic E-state index is 10.2. The summed E-state index contributed by atoms with van der Waals surface area (Å²) in [6.07, 6.45) is 3.97. The van der Waals surface area contributed by atoms with Gasteiger partial charge in [0.15, 0.2) is 0 Å². The number of nitrogens with one attached hydrogen (secondary N) is 1. The number of rotatable bonds is 3. The maximum atomic E-state index is 10.2. The maximum Gasteiger partial charge on any atom is 0.233 e. The van der Waals surface area contributed by atoms with Crippen LogP contribution >= 0.6 is 11.8 Å². The van der Waals surface area contributed by atoms with Gasteiger partial charge in [0.2, 0.25) is 6.41 Å². The molecule has 0 aromatic carbocycles. The van der Waals surface area contributed by atoms with E-state index in [0.717, 1.165) is 21.2 Å². The Morgan fingerprint density at radius 1 is 1.53 bits per heavy atom. The normalized spacial score (nSPS) is 13.7. The molecule has 1 amide bonds. The molecule has 0 fully saturated rings. The van der Waals surface area contributed by atoms with E-state index in [4.69, 9.17) is 0 Å². The topological polar surface area (TPSA) is 58.1 Å². The molecule has 0 spiro atoms. The molecule has 1 N–H and O–H groups in total. The van der Waals surface area contributed by atoms with Crippen LogP contribution < -0.4 is 0 Å². The number of carbonyl (C=O) groups is 1. The first-order valence-corrected chi connectivity index (χ1v) is 5.29. The number of aliphatic imine (C=N–C) groups is 1. The van der Waals surface area contributed by atoms with Crippen molar-refractivity contribution in [3.63, 3.8) is 0 Å². The molecule has 1 aromatic rings. The van der Waals surface area contributed by atoms with Gasteiger partial charge in [-0.05, 0) is 31.2 Å². The molecular formula is C10H13N3OS. The van der Waals surface area contributed by atoms with Gasteiger partial charge in [0.1, 0.15) is 0 Å². The minimum atomic E-state index is 0.557. The van der Waals surface area contributed by atoms with E-state index in [0.29, 0.717) is 6.41 Å². The third-order valence-corrected chi connectivity index (χ3v) is 2.98. The Morgan fingerprint density at radius 2 is 2.27 bits per heavy atom. The van der Waals surface area contributed by atoms with E-state index in [2.05, 4.69) is 15.0 Å². The summed E-state index contributed by atoms with van der Waals surface area (Å²) in [6, 6.07) is 0. The molecule has 0 saturated heterocycles. The van der Waals surface area contributed by atoms with Gasteiger partial charge in [0.25, 0.3) is 0 Å². The number of aromatic nitrogens is 2. The van der Waals surface area contributed by atoms with Gasteiger partial charge in [-0.1, -0.05) is 11.8 Å². The number of hydrogen-bond donors (Lipinski definition) is 1. The minimum Gasteiger partial charge on any atom is -0.345 e. The van der Waals surface area contributed by atoms with E-state index in [1.807, 2.05) is 20.8 Å². The lowest BCUT2D eigenvalue weighted by atomic mass is 10.2. The predicted molar refractivity (Wildman–Crippen MR) is 63.6 cm³/mol. The smallest absolute Gasteiger partial charge is 0.233 e. The number of carbonyl (C=O) groups excluding carboxylic acids is 1. The number of H-pyrrole nitrogens is 1. The molecule has 0 unspecified atom stereocenters. The van der Waals surface area contributed by atoms with Crippen LogP contribution in [-0.4, -0.2) is 21.4 Å². The van der Waals surface area contributed by atoms with Crippen molar-refractivity contribution in [2.75, 3.05) is 0 Å². The van der Waals surface area contributed by atoms with Crippen LogP contribution in [0.3, 0.4) is 0 Å². The van der Waals surface area contributed by atoms with Crippen molar-refractivity contribution in [3.8, 4) is 0 Å². The Bertz CT molecular complexity index is 393. The Hall–Kier alpha value is -1.36. The number of imidazole rings is 1. The Morgan fingerprint density at radius 3 is 2.80 bits per heavy atom. The van der Waals surface area contributed by atoms with E-state index in [1.165, 1.54) is 11.8 Å². The van der Waals surface area contributed by atoms with Crippen molar-refractivity contribution >= 4 is 28.8 Å². The van der Waals surface area contributed by atoms with Gasteiger partial charge in [0.05, 0.1) is 23.3 Å². The largest absolute Gasteiger partial charge is 0.345 e. The Labute approximate surface area is 92.9 Å². The average Bonchev–Trinajstić information content (AvgIpc) is 2.69.